The van der Waals surface area contributed by atoms with Crippen LogP contribution in [-0.4, -0.2) is 18.6 Å². The number of hydrogen-bond acceptors (Lipinski definition) is 3. The van der Waals surface area contributed by atoms with E-state index in [1.807, 2.05) is 44.2 Å². The fraction of sp³-hybridized carbons (Fsp3) is 0.250. The van der Waals surface area contributed by atoms with Gasteiger partial charge in [0.1, 0.15) is 18.1 Å². The summed E-state index contributed by atoms with van der Waals surface area (Å²) in [7, 11) is 0. The lowest BCUT2D eigenvalue weighted by atomic mass is 10.1. The Bertz CT molecular complexity index is 725. The molecule has 2 aromatic carbocycles. The van der Waals surface area contributed by atoms with Gasteiger partial charge in [0.15, 0.2) is 6.10 Å². The van der Waals surface area contributed by atoms with Crippen LogP contribution < -0.4 is 14.8 Å². The summed E-state index contributed by atoms with van der Waals surface area (Å²) < 4.78 is 11.2. The van der Waals surface area contributed by atoms with Crippen LogP contribution in [0, 0.1) is 13.8 Å². The van der Waals surface area contributed by atoms with E-state index in [-0.39, 0.29) is 5.91 Å². The number of benzene rings is 2. The Balaban J connectivity index is 1.98. The highest BCUT2D eigenvalue weighted by Gasteiger charge is 2.15. The van der Waals surface area contributed by atoms with E-state index in [4.69, 9.17) is 9.47 Å². The standard InChI is InChI=1S/C20H23NO3/c1-5-11-23-18-8-6-7-17(13-18)21-20(22)16(4)24-19-10-9-14(2)15(3)12-19/h5-10,12-13,16H,1,11H2,2-4H3,(H,21,22)/t16-/m1/s1. The van der Waals surface area contributed by atoms with Gasteiger partial charge in [-0.05, 0) is 56.2 Å². The first kappa shape index (κ1) is 17.6. The van der Waals surface area contributed by atoms with Crippen LogP contribution in [-0.2, 0) is 4.79 Å². The summed E-state index contributed by atoms with van der Waals surface area (Å²) in [5.74, 6) is 1.15. The molecule has 0 aromatic heterocycles. The summed E-state index contributed by atoms with van der Waals surface area (Å²) in [6.07, 6.45) is 1.06. The fourth-order valence-electron chi connectivity index (χ4n) is 2.11. The van der Waals surface area contributed by atoms with Gasteiger partial charge in [0.25, 0.3) is 5.91 Å². The molecule has 0 bridgehead atoms. The first-order valence-electron chi connectivity index (χ1n) is 7.88. The molecule has 1 amide bonds. The highest BCUT2D eigenvalue weighted by Crippen LogP contribution is 2.20. The number of carbonyl (C=O) groups excluding carboxylic acids is 1. The van der Waals surface area contributed by atoms with Crippen molar-refractivity contribution >= 4 is 11.6 Å². The number of rotatable bonds is 7. The minimum atomic E-state index is -0.607. The van der Waals surface area contributed by atoms with E-state index in [1.165, 1.54) is 5.56 Å². The smallest absolute Gasteiger partial charge is 0.265 e. The first-order valence-corrected chi connectivity index (χ1v) is 7.88. The molecular formula is C20H23NO3. The van der Waals surface area contributed by atoms with Crippen molar-refractivity contribution < 1.29 is 14.3 Å². The maximum Gasteiger partial charge on any atom is 0.265 e. The third-order valence-electron chi connectivity index (χ3n) is 3.63. The summed E-state index contributed by atoms with van der Waals surface area (Å²) in [6, 6.07) is 13.0. The van der Waals surface area contributed by atoms with Crippen molar-refractivity contribution in [3.63, 3.8) is 0 Å². The van der Waals surface area contributed by atoms with Gasteiger partial charge in [-0.2, -0.15) is 0 Å². The Labute approximate surface area is 143 Å². The van der Waals surface area contributed by atoms with Gasteiger partial charge < -0.3 is 14.8 Å². The fourth-order valence-corrected chi connectivity index (χ4v) is 2.11. The summed E-state index contributed by atoms with van der Waals surface area (Å²) in [6.45, 7) is 9.81. The molecule has 0 spiro atoms. The zero-order chi connectivity index (χ0) is 17.5. The van der Waals surface area contributed by atoms with Crippen LogP contribution in [0.3, 0.4) is 0 Å². The summed E-state index contributed by atoms with van der Waals surface area (Å²) >= 11 is 0. The van der Waals surface area contributed by atoms with Crippen molar-refractivity contribution in [2.24, 2.45) is 0 Å². The van der Waals surface area contributed by atoms with Crippen LogP contribution in [0.15, 0.2) is 55.1 Å². The first-order chi connectivity index (χ1) is 11.5. The SMILES string of the molecule is C=CCOc1cccc(NC(=O)[C@@H](C)Oc2ccc(C)c(C)c2)c1. The number of nitrogens with one attached hydrogen (secondary N) is 1. The Kier molecular flexibility index (Phi) is 6.01. The van der Waals surface area contributed by atoms with Crippen LogP contribution in [0.25, 0.3) is 0 Å². The lowest BCUT2D eigenvalue weighted by Gasteiger charge is -2.16. The molecule has 0 aliphatic rings. The number of hydrogen-bond donors (Lipinski definition) is 1. The molecule has 0 saturated heterocycles. The average Bonchev–Trinajstić information content (AvgIpc) is 2.56. The Hall–Kier alpha value is -2.75. The molecule has 0 unspecified atom stereocenters. The number of aryl methyl sites for hydroxylation is 2. The quantitative estimate of drug-likeness (QED) is 0.773. The van der Waals surface area contributed by atoms with Gasteiger partial charge in [0.05, 0.1) is 0 Å². The summed E-state index contributed by atoms with van der Waals surface area (Å²) in [4.78, 5) is 12.3. The third kappa shape index (κ3) is 4.88. The third-order valence-corrected chi connectivity index (χ3v) is 3.63. The second-order valence-corrected chi connectivity index (χ2v) is 5.62. The molecule has 0 aliphatic heterocycles. The molecule has 0 radical (unpaired) electrons. The molecule has 0 saturated carbocycles. The van der Waals surface area contributed by atoms with E-state index in [2.05, 4.69) is 11.9 Å². The Morgan fingerprint density at radius 1 is 1.17 bits per heavy atom. The molecule has 0 heterocycles. The van der Waals surface area contributed by atoms with E-state index in [0.717, 1.165) is 5.56 Å². The summed E-state index contributed by atoms with van der Waals surface area (Å²) in [5, 5.41) is 2.83. The topological polar surface area (TPSA) is 47.6 Å². The van der Waals surface area contributed by atoms with Crippen molar-refractivity contribution in [3.05, 3.63) is 66.2 Å². The maximum atomic E-state index is 12.3. The molecule has 2 aromatic rings. The van der Waals surface area contributed by atoms with E-state index < -0.39 is 6.10 Å². The maximum absolute atomic E-state index is 12.3. The van der Waals surface area contributed by atoms with E-state index in [1.54, 1.807) is 25.1 Å². The van der Waals surface area contributed by atoms with Gasteiger partial charge in [0.2, 0.25) is 0 Å². The van der Waals surface area contributed by atoms with E-state index >= 15 is 0 Å². The predicted molar refractivity (Wildman–Crippen MR) is 96.8 cm³/mol. The van der Waals surface area contributed by atoms with Crippen molar-refractivity contribution in [1.29, 1.82) is 0 Å². The minimum Gasteiger partial charge on any atom is -0.489 e. The molecule has 24 heavy (non-hydrogen) atoms. The monoisotopic (exact) mass is 325 g/mol. The Morgan fingerprint density at radius 3 is 2.67 bits per heavy atom. The second-order valence-electron chi connectivity index (χ2n) is 5.62. The largest absolute Gasteiger partial charge is 0.489 e. The van der Waals surface area contributed by atoms with E-state index in [9.17, 15) is 4.79 Å². The van der Waals surface area contributed by atoms with E-state index in [0.29, 0.717) is 23.8 Å². The molecule has 2 rings (SSSR count). The van der Waals surface area contributed by atoms with Gasteiger partial charge in [-0.15, -0.1) is 0 Å². The number of carbonyl (C=O) groups is 1. The molecule has 1 atom stereocenters. The molecular weight excluding hydrogens is 302 g/mol. The highest BCUT2D eigenvalue weighted by molar-refractivity contribution is 5.94. The molecule has 4 nitrogen and oxygen atoms in total. The summed E-state index contributed by atoms with van der Waals surface area (Å²) in [5.41, 5.74) is 2.99. The van der Waals surface area contributed by atoms with Gasteiger partial charge in [-0.25, -0.2) is 0 Å². The zero-order valence-corrected chi connectivity index (χ0v) is 14.3. The molecule has 126 valence electrons. The average molecular weight is 325 g/mol. The van der Waals surface area contributed by atoms with Gasteiger partial charge in [0, 0.05) is 11.8 Å². The minimum absolute atomic E-state index is 0.214. The van der Waals surface area contributed by atoms with Gasteiger partial charge in [-0.1, -0.05) is 24.8 Å². The lowest BCUT2D eigenvalue weighted by molar-refractivity contribution is -0.122. The van der Waals surface area contributed by atoms with Crippen molar-refractivity contribution in [1.82, 2.24) is 0 Å². The molecule has 0 aliphatic carbocycles. The van der Waals surface area contributed by atoms with Gasteiger partial charge in [-0.3, -0.25) is 4.79 Å². The van der Waals surface area contributed by atoms with Crippen LogP contribution in [0.5, 0.6) is 11.5 Å². The lowest BCUT2D eigenvalue weighted by Crippen LogP contribution is -2.30. The van der Waals surface area contributed by atoms with Crippen LogP contribution in [0.1, 0.15) is 18.1 Å². The van der Waals surface area contributed by atoms with Crippen LogP contribution in [0.2, 0.25) is 0 Å². The predicted octanol–water partition coefficient (Wildman–Crippen LogP) is 4.27. The van der Waals surface area contributed by atoms with Crippen molar-refractivity contribution in [3.8, 4) is 11.5 Å². The van der Waals surface area contributed by atoms with Crippen LogP contribution >= 0.6 is 0 Å². The van der Waals surface area contributed by atoms with Gasteiger partial charge >= 0.3 is 0 Å². The number of ether oxygens (including phenoxy) is 2. The van der Waals surface area contributed by atoms with Crippen molar-refractivity contribution in [2.45, 2.75) is 26.9 Å². The molecule has 4 heteroatoms. The normalized spacial score (nSPS) is 11.5. The van der Waals surface area contributed by atoms with Crippen LogP contribution in [0.4, 0.5) is 5.69 Å². The highest BCUT2D eigenvalue weighted by atomic mass is 16.5. The second kappa shape index (κ2) is 8.20. The number of anilines is 1. The number of amides is 1. The molecule has 1 N–H and O–H groups in total. The zero-order valence-electron chi connectivity index (χ0n) is 14.3. The van der Waals surface area contributed by atoms with Crippen molar-refractivity contribution in [2.75, 3.05) is 11.9 Å². The Morgan fingerprint density at radius 2 is 1.96 bits per heavy atom. The molecule has 0 fully saturated rings.